The standard InChI is InChI=1S/C12H18N4O/c1-3-10(2)16-9-11(8-14-16)12(17)15-6-4-13-5-7-15/h3,8-10,13H,1,4-7H2,2H3. The number of allylic oxidation sites excluding steroid dienone is 1. The lowest BCUT2D eigenvalue weighted by molar-refractivity contribution is 0.0735. The Morgan fingerprint density at radius 1 is 1.59 bits per heavy atom. The molecule has 5 heteroatoms. The van der Waals surface area contributed by atoms with E-state index < -0.39 is 0 Å². The number of rotatable bonds is 3. The molecule has 2 heterocycles. The average molecular weight is 234 g/mol. The van der Waals surface area contributed by atoms with Gasteiger partial charge in [0.15, 0.2) is 0 Å². The van der Waals surface area contributed by atoms with Gasteiger partial charge < -0.3 is 10.2 Å². The molecule has 0 spiro atoms. The van der Waals surface area contributed by atoms with Crippen molar-refractivity contribution in [3.63, 3.8) is 0 Å². The molecule has 0 aromatic carbocycles. The third kappa shape index (κ3) is 2.55. The third-order valence-electron chi connectivity index (χ3n) is 3.01. The zero-order chi connectivity index (χ0) is 12.3. The quantitative estimate of drug-likeness (QED) is 0.782. The van der Waals surface area contributed by atoms with E-state index in [9.17, 15) is 4.79 Å². The summed E-state index contributed by atoms with van der Waals surface area (Å²) < 4.78 is 1.75. The number of nitrogens with one attached hydrogen (secondary N) is 1. The van der Waals surface area contributed by atoms with Crippen LogP contribution in [-0.2, 0) is 0 Å². The molecule has 0 bridgehead atoms. The fourth-order valence-electron chi connectivity index (χ4n) is 1.83. The first-order valence-corrected chi connectivity index (χ1v) is 5.89. The Hall–Kier alpha value is -1.62. The van der Waals surface area contributed by atoms with Crippen LogP contribution in [0.2, 0.25) is 0 Å². The number of carbonyl (C=O) groups excluding carboxylic acids is 1. The Bertz CT molecular complexity index is 406. The van der Waals surface area contributed by atoms with Crippen molar-refractivity contribution in [2.75, 3.05) is 26.2 Å². The SMILES string of the molecule is C=CC(C)n1cc(C(=O)N2CCNCC2)cn1. The number of nitrogens with zero attached hydrogens (tertiary/aromatic N) is 3. The van der Waals surface area contributed by atoms with Gasteiger partial charge >= 0.3 is 0 Å². The van der Waals surface area contributed by atoms with E-state index in [0.29, 0.717) is 5.56 Å². The van der Waals surface area contributed by atoms with Gasteiger partial charge in [-0.3, -0.25) is 9.48 Å². The van der Waals surface area contributed by atoms with Crippen LogP contribution in [0.25, 0.3) is 0 Å². The molecule has 1 aromatic rings. The number of amides is 1. The molecule has 17 heavy (non-hydrogen) atoms. The van der Waals surface area contributed by atoms with Crippen molar-refractivity contribution >= 4 is 5.91 Å². The maximum absolute atomic E-state index is 12.1. The molecule has 1 unspecified atom stereocenters. The maximum atomic E-state index is 12.1. The fourth-order valence-corrected chi connectivity index (χ4v) is 1.83. The zero-order valence-electron chi connectivity index (χ0n) is 10.1. The van der Waals surface area contributed by atoms with E-state index in [0.717, 1.165) is 26.2 Å². The summed E-state index contributed by atoms with van der Waals surface area (Å²) in [5.41, 5.74) is 0.653. The third-order valence-corrected chi connectivity index (χ3v) is 3.01. The maximum Gasteiger partial charge on any atom is 0.257 e. The van der Waals surface area contributed by atoms with Gasteiger partial charge in [-0.15, -0.1) is 6.58 Å². The summed E-state index contributed by atoms with van der Waals surface area (Å²) in [7, 11) is 0. The van der Waals surface area contributed by atoms with E-state index in [-0.39, 0.29) is 11.9 Å². The predicted molar refractivity (Wildman–Crippen MR) is 65.9 cm³/mol. The summed E-state index contributed by atoms with van der Waals surface area (Å²) in [5.74, 6) is 0.0639. The Kier molecular flexibility index (Phi) is 3.58. The molecule has 1 N–H and O–H groups in total. The first-order chi connectivity index (χ1) is 8.22. The van der Waals surface area contributed by atoms with Crippen LogP contribution in [0.5, 0.6) is 0 Å². The van der Waals surface area contributed by atoms with E-state index in [1.165, 1.54) is 0 Å². The number of carbonyl (C=O) groups is 1. The topological polar surface area (TPSA) is 50.2 Å². The summed E-state index contributed by atoms with van der Waals surface area (Å²) in [5, 5.41) is 7.41. The highest BCUT2D eigenvalue weighted by Crippen LogP contribution is 2.10. The van der Waals surface area contributed by atoms with Crippen LogP contribution < -0.4 is 5.32 Å². The van der Waals surface area contributed by atoms with Crippen LogP contribution in [0.4, 0.5) is 0 Å². The zero-order valence-corrected chi connectivity index (χ0v) is 10.1. The molecule has 2 rings (SSSR count). The summed E-state index contributed by atoms with van der Waals surface area (Å²) >= 11 is 0. The van der Waals surface area contributed by atoms with E-state index in [4.69, 9.17) is 0 Å². The number of hydrogen-bond donors (Lipinski definition) is 1. The molecule has 5 nitrogen and oxygen atoms in total. The minimum Gasteiger partial charge on any atom is -0.336 e. The molecule has 92 valence electrons. The van der Waals surface area contributed by atoms with Crippen molar-refractivity contribution in [3.05, 3.63) is 30.6 Å². The molecule has 1 saturated heterocycles. The molecule has 1 aliphatic heterocycles. The lowest BCUT2D eigenvalue weighted by Gasteiger charge is -2.26. The molecule has 0 radical (unpaired) electrons. The van der Waals surface area contributed by atoms with Crippen molar-refractivity contribution < 1.29 is 4.79 Å². The van der Waals surface area contributed by atoms with Gasteiger partial charge in [0.1, 0.15) is 0 Å². The second kappa shape index (κ2) is 5.14. The van der Waals surface area contributed by atoms with Crippen molar-refractivity contribution in [3.8, 4) is 0 Å². The Morgan fingerprint density at radius 2 is 2.29 bits per heavy atom. The highest BCUT2D eigenvalue weighted by atomic mass is 16.2. The second-order valence-electron chi connectivity index (χ2n) is 4.23. The lowest BCUT2D eigenvalue weighted by atomic mass is 10.2. The molecular weight excluding hydrogens is 216 g/mol. The Balaban J connectivity index is 2.08. The largest absolute Gasteiger partial charge is 0.336 e. The van der Waals surface area contributed by atoms with E-state index >= 15 is 0 Å². The molecule has 1 fully saturated rings. The minimum absolute atomic E-state index is 0.0639. The van der Waals surface area contributed by atoms with Gasteiger partial charge in [-0.2, -0.15) is 5.10 Å². The molecule has 0 aliphatic carbocycles. The molecule has 0 saturated carbocycles. The molecular formula is C12H18N4O. The van der Waals surface area contributed by atoms with Gasteiger partial charge in [-0.1, -0.05) is 6.08 Å². The first kappa shape index (κ1) is 11.9. The second-order valence-corrected chi connectivity index (χ2v) is 4.23. The van der Waals surface area contributed by atoms with E-state index in [1.54, 1.807) is 23.2 Å². The number of aromatic nitrogens is 2. The fraction of sp³-hybridized carbons (Fsp3) is 0.500. The first-order valence-electron chi connectivity index (χ1n) is 5.89. The highest BCUT2D eigenvalue weighted by Gasteiger charge is 2.19. The summed E-state index contributed by atoms with van der Waals surface area (Å²) in [4.78, 5) is 14.0. The van der Waals surface area contributed by atoms with Crippen LogP contribution in [0.3, 0.4) is 0 Å². The van der Waals surface area contributed by atoms with Gasteiger partial charge in [-0.25, -0.2) is 0 Å². The summed E-state index contributed by atoms with van der Waals surface area (Å²) in [6.07, 6.45) is 5.22. The monoisotopic (exact) mass is 234 g/mol. The molecule has 1 atom stereocenters. The smallest absolute Gasteiger partial charge is 0.257 e. The van der Waals surface area contributed by atoms with Crippen molar-refractivity contribution in [1.82, 2.24) is 20.0 Å². The summed E-state index contributed by atoms with van der Waals surface area (Å²) in [6, 6.07) is 0.111. The van der Waals surface area contributed by atoms with Crippen LogP contribution in [-0.4, -0.2) is 46.8 Å². The molecule has 1 aromatic heterocycles. The van der Waals surface area contributed by atoms with Gasteiger partial charge in [0.25, 0.3) is 5.91 Å². The normalized spacial score (nSPS) is 17.8. The van der Waals surface area contributed by atoms with Gasteiger partial charge in [0, 0.05) is 32.4 Å². The van der Waals surface area contributed by atoms with Crippen LogP contribution >= 0.6 is 0 Å². The Morgan fingerprint density at radius 3 is 2.94 bits per heavy atom. The van der Waals surface area contributed by atoms with Crippen molar-refractivity contribution in [2.24, 2.45) is 0 Å². The number of hydrogen-bond acceptors (Lipinski definition) is 3. The highest BCUT2D eigenvalue weighted by molar-refractivity contribution is 5.93. The van der Waals surface area contributed by atoms with Gasteiger partial charge in [0.05, 0.1) is 17.8 Å². The van der Waals surface area contributed by atoms with Crippen LogP contribution in [0, 0.1) is 0 Å². The summed E-state index contributed by atoms with van der Waals surface area (Å²) in [6.45, 7) is 8.96. The van der Waals surface area contributed by atoms with Crippen LogP contribution in [0.15, 0.2) is 25.0 Å². The number of piperazine rings is 1. The molecule has 1 aliphatic rings. The van der Waals surface area contributed by atoms with E-state index in [1.807, 2.05) is 11.8 Å². The Labute approximate surface area is 101 Å². The minimum atomic E-state index is 0.0639. The van der Waals surface area contributed by atoms with Crippen LogP contribution in [0.1, 0.15) is 23.3 Å². The lowest BCUT2D eigenvalue weighted by Crippen LogP contribution is -2.46. The van der Waals surface area contributed by atoms with Crippen molar-refractivity contribution in [1.29, 1.82) is 0 Å². The van der Waals surface area contributed by atoms with E-state index in [2.05, 4.69) is 17.0 Å². The van der Waals surface area contributed by atoms with Gasteiger partial charge in [-0.05, 0) is 6.92 Å². The average Bonchev–Trinajstić information content (AvgIpc) is 2.87. The van der Waals surface area contributed by atoms with Crippen molar-refractivity contribution in [2.45, 2.75) is 13.0 Å². The van der Waals surface area contributed by atoms with Gasteiger partial charge in [0.2, 0.25) is 0 Å². The predicted octanol–water partition coefficient (Wildman–Crippen LogP) is 0.675. The molecule has 1 amide bonds.